The maximum absolute atomic E-state index is 4.85. The molecule has 1 atom stereocenters. The van der Waals surface area contributed by atoms with Crippen LogP contribution in [0.5, 0.6) is 0 Å². The third kappa shape index (κ3) is 4.13. The van der Waals surface area contributed by atoms with Gasteiger partial charge in [0.2, 0.25) is 0 Å². The molecule has 2 aliphatic rings. The first-order chi connectivity index (χ1) is 14.1. The number of nitrogens with zero attached hydrogens (tertiary/aromatic N) is 4. The van der Waals surface area contributed by atoms with E-state index >= 15 is 0 Å². The van der Waals surface area contributed by atoms with Gasteiger partial charge in [-0.1, -0.05) is 27.7 Å². The zero-order valence-electron chi connectivity index (χ0n) is 18.2. The molecule has 0 saturated heterocycles. The molecule has 5 nitrogen and oxygen atoms in total. The highest BCUT2D eigenvalue weighted by molar-refractivity contribution is 7.16. The molecule has 2 aromatic heterocycles. The Morgan fingerprint density at radius 2 is 1.93 bits per heavy atom. The fraction of sp³-hybridized carbons (Fsp3) is 0.435. The molecular formula is C23H31N5S. The number of fused-ring (bicyclic) bond motifs is 1. The zero-order valence-corrected chi connectivity index (χ0v) is 19.0. The molecule has 0 saturated carbocycles. The summed E-state index contributed by atoms with van der Waals surface area (Å²) >= 11 is 1.75. The number of aromatic nitrogens is 2. The second-order valence-electron chi connectivity index (χ2n) is 7.06. The van der Waals surface area contributed by atoms with Crippen molar-refractivity contribution in [3.63, 3.8) is 0 Å². The Morgan fingerprint density at radius 1 is 1.17 bits per heavy atom. The van der Waals surface area contributed by atoms with Gasteiger partial charge in [-0.25, -0.2) is 5.01 Å². The van der Waals surface area contributed by atoms with Gasteiger partial charge in [0.15, 0.2) is 0 Å². The van der Waals surface area contributed by atoms with Crippen LogP contribution in [0.4, 0.5) is 0 Å². The molecule has 154 valence electrons. The monoisotopic (exact) mass is 409 g/mol. The number of hydrogen-bond donors (Lipinski definition) is 1. The van der Waals surface area contributed by atoms with Gasteiger partial charge < -0.3 is 5.32 Å². The lowest BCUT2D eigenvalue weighted by molar-refractivity contribution is 0.311. The van der Waals surface area contributed by atoms with Crippen LogP contribution in [0.25, 0.3) is 16.3 Å². The van der Waals surface area contributed by atoms with Gasteiger partial charge in [0, 0.05) is 18.6 Å². The number of hydrogen-bond acceptors (Lipinski definition) is 6. The van der Waals surface area contributed by atoms with Crippen molar-refractivity contribution in [3.8, 4) is 10.6 Å². The maximum Gasteiger partial charge on any atom is 0.143 e. The van der Waals surface area contributed by atoms with Crippen LogP contribution < -0.4 is 5.32 Å². The number of allylic oxidation sites excluding steroid dienone is 1. The molecule has 0 fully saturated rings. The lowest BCUT2D eigenvalue weighted by Crippen LogP contribution is -2.40. The number of aryl methyl sites for hydroxylation is 1. The Kier molecular flexibility index (Phi) is 6.85. The van der Waals surface area contributed by atoms with Crippen molar-refractivity contribution in [1.82, 2.24) is 20.3 Å². The molecule has 0 spiro atoms. The summed E-state index contributed by atoms with van der Waals surface area (Å²) in [5.41, 5.74) is 5.78. The van der Waals surface area contributed by atoms with Crippen LogP contribution in [0, 0.1) is 12.8 Å². The first-order valence-electron chi connectivity index (χ1n) is 10.5. The number of rotatable bonds is 5. The normalized spacial score (nSPS) is 17.7. The van der Waals surface area contributed by atoms with Gasteiger partial charge in [-0.3, -0.25) is 9.97 Å². The van der Waals surface area contributed by atoms with Crippen molar-refractivity contribution in [2.24, 2.45) is 11.0 Å². The fourth-order valence-electron chi connectivity index (χ4n) is 3.86. The van der Waals surface area contributed by atoms with Gasteiger partial charge >= 0.3 is 0 Å². The van der Waals surface area contributed by atoms with Crippen LogP contribution in [0.1, 0.15) is 57.9 Å². The van der Waals surface area contributed by atoms with Crippen molar-refractivity contribution < 1.29 is 0 Å². The first-order valence-corrected chi connectivity index (χ1v) is 11.3. The predicted molar refractivity (Wildman–Crippen MR) is 123 cm³/mol. The van der Waals surface area contributed by atoms with Crippen molar-refractivity contribution >= 4 is 22.7 Å². The van der Waals surface area contributed by atoms with Crippen LogP contribution in [0.3, 0.4) is 0 Å². The second kappa shape index (κ2) is 9.35. The molecule has 2 aliphatic heterocycles. The Balaban J connectivity index is 0.00000117. The van der Waals surface area contributed by atoms with Gasteiger partial charge in [-0.05, 0) is 55.9 Å². The van der Waals surface area contributed by atoms with E-state index in [0.29, 0.717) is 5.92 Å². The molecule has 0 radical (unpaired) electrons. The Labute approximate surface area is 178 Å². The molecule has 0 aliphatic carbocycles. The SMILES string of the molecule is CC.CCC(CC)C1=CC(C)=NN2C(c3sc(-c4cnccn4)cc3C)=CNC12. The van der Waals surface area contributed by atoms with E-state index in [1.807, 2.05) is 20.0 Å². The Hall–Kier alpha value is -2.47. The third-order valence-corrected chi connectivity index (χ3v) is 6.53. The maximum atomic E-state index is 4.85. The summed E-state index contributed by atoms with van der Waals surface area (Å²) in [6.07, 6.45) is 12.0. The van der Waals surface area contributed by atoms with E-state index in [0.717, 1.165) is 34.8 Å². The number of thiophene rings is 1. The minimum absolute atomic E-state index is 0.120. The quantitative estimate of drug-likeness (QED) is 0.676. The van der Waals surface area contributed by atoms with E-state index in [4.69, 9.17) is 5.10 Å². The van der Waals surface area contributed by atoms with Crippen LogP contribution in [-0.2, 0) is 0 Å². The summed E-state index contributed by atoms with van der Waals surface area (Å²) in [5.74, 6) is 0.572. The van der Waals surface area contributed by atoms with E-state index in [1.54, 1.807) is 23.7 Å². The molecule has 1 N–H and O–H groups in total. The summed E-state index contributed by atoms with van der Waals surface area (Å²) in [6, 6.07) is 2.19. The van der Waals surface area contributed by atoms with Gasteiger partial charge in [0.05, 0.1) is 33.1 Å². The number of hydrazone groups is 1. The summed E-state index contributed by atoms with van der Waals surface area (Å²) in [4.78, 5) is 11.0. The van der Waals surface area contributed by atoms with Crippen molar-refractivity contribution in [1.29, 1.82) is 0 Å². The molecule has 29 heavy (non-hydrogen) atoms. The molecule has 6 heteroatoms. The largest absolute Gasteiger partial charge is 0.364 e. The van der Waals surface area contributed by atoms with E-state index < -0.39 is 0 Å². The average Bonchev–Trinajstić information content (AvgIpc) is 3.34. The molecule has 2 aromatic rings. The average molecular weight is 410 g/mol. The summed E-state index contributed by atoms with van der Waals surface area (Å²) in [5, 5.41) is 10.6. The topological polar surface area (TPSA) is 53.4 Å². The van der Waals surface area contributed by atoms with Crippen molar-refractivity contribution in [2.75, 3.05) is 0 Å². The van der Waals surface area contributed by atoms with E-state index in [2.05, 4.69) is 66.3 Å². The lowest BCUT2D eigenvalue weighted by Gasteiger charge is -2.33. The minimum atomic E-state index is 0.120. The molecule has 4 rings (SSSR count). The van der Waals surface area contributed by atoms with E-state index in [9.17, 15) is 0 Å². The minimum Gasteiger partial charge on any atom is -0.364 e. The van der Waals surface area contributed by atoms with Crippen LogP contribution in [0.15, 0.2) is 47.6 Å². The number of nitrogens with one attached hydrogen (secondary N) is 1. The molecule has 4 heterocycles. The fourth-order valence-corrected chi connectivity index (χ4v) is 5.00. The highest BCUT2D eigenvalue weighted by Crippen LogP contribution is 2.40. The highest BCUT2D eigenvalue weighted by atomic mass is 32.1. The smallest absolute Gasteiger partial charge is 0.143 e. The highest BCUT2D eigenvalue weighted by Gasteiger charge is 2.35. The second-order valence-corrected chi connectivity index (χ2v) is 8.11. The van der Waals surface area contributed by atoms with Crippen molar-refractivity contribution in [3.05, 3.63) is 52.9 Å². The Morgan fingerprint density at radius 3 is 2.59 bits per heavy atom. The van der Waals surface area contributed by atoms with Gasteiger partial charge in [-0.15, -0.1) is 11.3 Å². The van der Waals surface area contributed by atoms with E-state index in [1.165, 1.54) is 16.0 Å². The molecule has 1 unspecified atom stereocenters. The molecule has 0 amide bonds. The summed E-state index contributed by atoms with van der Waals surface area (Å²) in [7, 11) is 0. The Bertz CT molecular complexity index is 922. The molecule has 0 aromatic carbocycles. The standard InChI is InChI=1S/C21H25N5S.C2H6/c1-5-15(6-2)16-10-14(4)25-26-18(12-24-21(16)26)20-13(3)9-19(27-20)17-11-22-7-8-23-17;1-2/h7-12,15,21,24H,5-6H2,1-4H3;1-2H3. The van der Waals surface area contributed by atoms with Crippen LogP contribution in [0.2, 0.25) is 0 Å². The third-order valence-electron chi connectivity index (χ3n) is 5.25. The summed E-state index contributed by atoms with van der Waals surface area (Å²) in [6.45, 7) is 12.8. The van der Waals surface area contributed by atoms with E-state index in [-0.39, 0.29) is 6.17 Å². The van der Waals surface area contributed by atoms with Gasteiger partial charge in [0.25, 0.3) is 0 Å². The predicted octanol–water partition coefficient (Wildman–Crippen LogP) is 5.82. The lowest BCUT2D eigenvalue weighted by atomic mass is 9.89. The van der Waals surface area contributed by atoms with Crippen molar-refractivity contribution in [2.45, 2.75) is 60.5 Å². The van der Waals surface area contributed by atoms with Crippen LogP contribution >= 0.6 is 11.3 Å². The van der Waals surface area contributed by atoms with Crippen LogP contribution in [-0.4, -0.2) is 26.9 Å². The zero-order chi connectivity index (χ0) is 21.0. The summed E-state index contributed by atoms with van der Waals surface area (Å²) < 4.78 is 0. The first kappa shape index (κ1) is 21.2. The molecule has 0 bridgehead atoms. The van der Waals surface area contributed by atoms with Gasteiger partial charge in [-0.2, -0.15) is 5.10 Å². The molecular weight excluding hydrogens is 378 g/mol. The van der Waals surface area contributed by atoms with Gasteiger partial charge in [0.1, 0.15) is 6.17 Å².